The van der Waals surface area contributed by atoms with Gasteiger partial charge < -0.3 is 5.32 Å². The van der Waals surface area contributed by atoms with Gasteiger partial charge in [-0.1, -0.05) is 6.07 Å². The number of halogens is 1. The molecular formula is C12H17FN2O2S. The number of rotatable bonds is 3. The molecule has 1 heterocycles. The summed E-state index contributed by atoms with van der Waals surface area (Å²) in [5.74, 6) is -0.444. The lowest BCUT2D eigenvalue weighted by Gasteiger charge is -2.23. The van der Waals surface area contributed by atoms with E-state index in [0.717, 1.165) is 13.0 Å². The van der Waals surface area contributed by atoms with Crippen molar-refractivity contribution in [2.45, 2.75) is 25.0 Å². The van der Waals surface area contributed by atoms with Crippen LogP contribution in [-0.2, 0) is 10.0 Å². The van der Waals surface area contributed by atoms with Gasteiger partial charge in [-0.05, 0) is 44.0 Å². The molecule has 18 heavy (non-hydrogen) atoms. The number of benzene rings is 1. The molecule has 1 aliphatic heterocycles. The van der Waals surface area contributed by atoms with Gasteiger partial charge in [0.2, 0.25) is 10.0 Å². The molecule has 1 unspecified atom stereocenters. The van der Waals surface area contributed by atoms with E-state index in [-0.39, 0.29) is 0 Å². The second-order valence-electron chi connectivity index (χ2n) is 4.57. The Kier molecular flexibility index (Phi) is 3.87. The lowest BCUT2D eigenvalue weighted by Crippen LogP contribution is -2.41. The van der Waals surface area contributed by atoms with Crippen molar-refractivity contribution in [3.63, 3.8) is 0 Å². The third-order valence-corrected chi connectivity index (χ3v) is 4.93. The molecule has 0 spiro atoms. The molecule has 1 atom stereocenters. The number of piperidine rings is 1. The monoisotopic (exact) mass is 272 g/mol. The molecule has 1 saturated heterocycles. The van der Waals surface area contributed by atoms with E-state index in [1.165, 1.54) is 12.1 Å². The Hall–Kier alpha value is -1.14. The van der Waals surface area contributed by atoms with Crippen molar-refractivity contribution in [1.82, 2.24) is 5.32 Å². The first-order chi connectivity index (χ1) is 8.49. The SMILES string of the molecule is Cc1ccc(F)cc1NS(=O)(=O)C1CCCNC1. The fraction of sp³-hybridized carbons (Fsp3) is 0.500. The second-order valence-corrected chi connectivity index (χ2v) is 6.54. The van der Waals surface area contributed by atoms with Gasteiger partial charge in [0.05, 0.1) is 10.9 Å². The van der Waals surface area contributed by atoms with Crippen molar-refractivity contribution in [3.05, 3.63) is 29.6 Å². The van der Waals surface area contributed by atoms with E-state index in [4.69, 9.17) is 0 Å². The van der Waals surface area contributed by atoms with Crippen LogP contribution in [0.15, 0.2) is 18.2 Å². The van der Waals surface area contributed by atoms with E-state index in [0.29, 0.717) is 24.2 Å². The van der Waals surface area contributed by atoms with Gasteiger partial charge in [-0.15, -0.1) is 0 Å². The van der Waals surface area contributed by atoms with Crippen LogP contribution in [0.2, 0.25) is 0 Å². The van der Waals surface area contributed by atoms with E-state index in [1.807, 2.05) is 0 Å². The summed E-state index contributed by atoms with van der Waals surface area (Å²) in [6, 6.07) is 4.09. The maximum atomic E-state index is 13.1. The molecule has 0 amide bonds. The molecule has 1 aromatic carbocycles. The highest BCUT2D eigenvalue weighted by atomic mass is 32.2. The van der Waals surface area contributed by atoms with Gasteiger partial charge in [0.1, 0.15) is 5.82 Å². The van der Waals surface area contributed by atoms with Gasteiger partial charge in [-0.2, -0.15) is 0 Å². The van der Waals surface area contributed by atoms with Crippen molar-refractivity contribution >= 4 is 15.7 Å². The molecule has 2 rings (SSSR count). The first kappa shape index (κ1) is 13.3. The summed E-state index contributed by atoms with van der Waals surface area (Å²) in [6.45, 7) is 3.05. The topological polar surface area (TPSA) is 58.2 Å². The van der Waals surface area contributed by atoms with E-state index < -0.39 is 21.1 Å². The third kappa shape index (κ3) is 3.00. The Morgan fingerprint density at radius 1 is 1.44 bits per heavy atom. The molecule has 1 fully saturated rings. The molecule has 0 saturated carbocycles. The van der Waals surface area contributed by atoms with Crippen LogP contribution >= 0.6 is 0 Å². The molecular weight excluding hydrogens is 255 g/mol. The molecule has 100 valence electrons. The Labute approximate surface area is 107 Å². The smallest absolute Gasteiger partial charge is 0.236 e. The van der Waals surface area contributed by atoms with E-state index >= 15 is 0 Å². The first-order valence-electron chi connectivity index (χ1n) is 5.97. The summed E-state index contributed by atoms with van der Waals surface area (Å²) in [7, 11) is -3.45. The quantitative estimate of drug-likeness (QED) is 0.879. The van der Waals surface area contributed by atoms with Crippen LogP contribution in [-0.4, -0.2) is 26.8 Å². The molecule has 0 aromatic heterocycles. The lowest BCUT2D eigenvalue weighted by atomic mass is 10.2. The van der Waals surface area contributed by atoms with Crippen LogP contribution in [0, 0.1) is 12.7 Å². The van der Waals surface area contributed by atoms with E-state index in [1.54, 1.807) is 13.0 Å². The summed E-state index contributed by atoms with van der Waals surface area (Å²) in [4.78, 5) is 0. The van der Waals surface area contributed by atoms with Crippen LogP contribution in [0.1, 0.15) is 18.4 Å². The Morgan fingerprint density at radius 2 is 2.22 bits per heavy atom. The Bertz CT molecular complexity index is 525. The summed E-state index contributed by atoms with van der Waals surface area (Å²) < 4.78 is 39.9. The van der Waals surface area contributed by atoms with Crippen LogP contribution < -0.4 is 10.0 Å². The first-order valence-corrected chi connectivity index (χ1v) is 7.52. The van der Waals surface area contributed by atoms with Crippen molar-refractivity contribution < 1.29 is 12.8 Å². The standard InChI is InChI=1S/C12H17FN2O2S/c1-9-4-5-10(13)7-12(9)15-18(16,17)11-3-2-6-14-8-11/h4-5,7,11,14-15H,2-3,6,8H2,1H3. The van der Waals surface area contributed by atoms with Gasteiger partial charge in [-0.25, -0.2) is 12.8 Å². The van der Waals surface area contributed by atoms with Crippen LogP contribution in [0.5, 0.6) is 0 Å². The average molecular weight is 272 g/mol. The Balaban J connectivity index is 2.18. The highest BCUT2D eigenvalue weighted by Crippen LogP contribution is 2.20. The molecule has 2 N–H and O–H groups in total. The maximum Gasteiger partial charge on any atom is 0.236 e. The zero-order chi connectivity index (χ0) is 13.2. The van der Waals surface area contributed by atoms with Crippen molar-refractivity contribution in [2.24, 2.45) is 0 Å². The predicted octanol–water partition coefficient (Wildman–Crippen LogP) is 1.63. The number of nitrogens with one attached hydrogen (secondary N) is 2. The normalized spacial score (nSPS) is 20.7. The lowest BCUT2D eigenvalue weighted by molar-refractivity contribution is 0.499. The molecule has 4 nitrogen and oxygen atoms in total. The molecule has 0 aliphatic carbocycles. The zero-order valence-electron chi connectivity index (χ0n) is 10.2. The summed E-state index contributed by atoms with van der Waals surface area (Å²) in [5.41, 5.74) is 1.03. The zero-order valence-corrected chi connectivity index (χ0v) is 11.1. The van der Waals surface area contributed by atoms with Gasteiger partial charge in [0.25, 0.3) is 0 Å². The molecule has 1 aliphatic rings. The minimum atomic E-state index is -3.45. The van der Waals surface area contributed by atoms with Gasteiger partial charge >= 0.3 is 0 Å². The fourth-order valence-corrected chi connectivity index (χ4v) is 3.53. The van der Waals surface area contributed by atoms with Gasteiger partial charge in [0, 0.05) is 6.54 Å². The predicted molar refractivity (Wildman–Crippen MR) is 69.6 cm³/mol. The highest BCUT2D eigenvalue weighted by Gasteiger charge is 2.27. The molecule has 0 radical (unpaired) electrons. The van der Waals surface area contributed by atoms with Crippen molar-refractivity contribution in [1.29, 1.82) is 0 Å². The Morgan fingerprint density at radius 3 is 2.89 bits per heavy atom. The maximum absolute atomic E-state index is 13.1. The summed E-state index contributed by atoms with van der Waals surface area (Å²) in [6.07, 6.45) is 1.48. The van der Waals surface area contributed by atoms with Gasteiger partial charge in [-0.3, -0.25) is 4.72 Å². The minimum absolute atomic E-state index is 0.320. The highest BCUT2D eigenvalue weighted by molar-refractivity contribution is 7.93. The van der Waals surface area contributed by atoms with Crippen LogP contribution in [0.4, 0.5) is 10.1 Å². The third-order valence-electron chi connectivity index (χ3n) is 3.14. The van der Waals surface area contributed by atoms with E-state index in [9.17, 15) is 12.8 Å². The van der Waals surface area contributed by atoms with Crippen LogP contribution in [0.3, 0.4) is 0 Å². The number of hydrogen-bond acceptors (Lipinski definition) is 3. The number of sulfonamides is 1. The number of hydrogen-bond donors (Lipinski definition) is 2. The van der Waals surface area contributed by atoms with E-state index in [2.05, 4.69) is 10.0 Å². The average Bonchev–Trinajstić information content (AvgIpc) is 2.35. The van der Waals surface area contributed by atoms with Crippen LogP contribution in [0.25, 0.3) is 0 Å². The number of anilines is 1. The van der Waals surface area contributed by atoms with Gasteiger partial charge in [0.15, 0.2) is 0 Å². The van der Waals surface area contributed by atoms with Crippen molar-refractivity contribution in [3.8, 4) is 0 Å². The molecule has 6 heteroatoms. The summed E-state index contributed by atoms with van der Waals surface area (Å²) >= 11 is 0. The molecule has 1 aromatic rings. The fourth-order valence-electron chi connectivity index (χ4n) is 2.03. The largest absolute Gasteiger partial charge is 0.315 e. The summed E-state index contributed by atoms with van der Waals surface area (Å²) in [5, 5.41) is 2.61. The minimum Gasteiger partial charge on any atom is -0.315 e. The number of aryl methyl sites for hydroxylation is 1. The molecule has 0 bridgehead atoms. The van der Waals surface area contributed by atoms with Crippen molar-refractivity contribution in [2.75, 3.05) is 17.8 Å². The second kappa shape index (κ2) is 5.24.